The Morgan fingerprint density at radius 2 is 1.91 bits per heavy atom. The Morgan fingerprint density at radius 1 is 1.16 bits per heavy atom. The van der Waals surface area contributed by atoms with E-state index in [1.54, 1.807) is 12.1 Å². The van der Waals surface area contributed by atoms with Crippen molar-refractivity contribution in [3.05, 3.63) is 35.4 Å². The maximum absolute atomic E-state index is 11.7. The minimum absolute atomic E-state index is 0.111. The van der Waals surface area contributed by atoms with Crippen molar-refractivity contribution >= 4 is 29.2 Å². The van der Waals surface area contributed by atoms with Crippen LogP contribution < -0.4 is 20.9 Å². The van der Waals surface area contributed by atoms with E-state index in [9.17, 15) is 4.79 Å². The molecule has 174 valence electrons. The molecule has 2 heterocycles. The molecule has 1 fully saturated rings. The lowest BCUT2D eigenvalue weighted by atomic mass is 9.96. The molecule has 0 spiro atoms. The summed E-state index contributed by atoms with van der Waals surface area (Å²) < 4.78 is 0. The van der Waals surface area contributed by atoms with Crippen LogP contribution in [-0.4, -0.2) is 67.6 Å². The summed E-state index contributed by atoms with van der Waals surface area (Å²) in [6.45, 7) is 13.4. The highest BCUT2D eigenvalue weighted by Crippen LogP contribution is 2.27. The quantitative estimate of drug-likeness (QED) is 0.714. The smallest absolute Gasteiger partial charge is 0.248 e. The van der Waals surface area contributed by atoms with E-state index >= 15 is 0 Å². The van der Waals surface area contributed by atoms with Gasteiger partial charge in [0.15, 0.2) is 0 Å². The molecule has 0 unspecified atom stereocenters. The number of nitrogens with one attached hydrogen (secondary N) is 1. The third kappa shape index (κ3) is 6.32. The Kier molecular flexibility index (Phi) is 7.23. The molecule has 0 bridgehead atoms. The van der Waals surface area contributed by atoms with Crippen LogP contribution in [0.15, 0.2) is 24.3 Å². The molecular formula is C24H37N7O. The minimum Gasteiger partial charge on any atom is -0.366 e. The van der Waals surface area contributed by atoms with E-state index in [4.69, 9.17) is 15.7 Å². The second-order valence-electron chi connectivity index (χ2n) is 9.99. The zero-order valence-electron chi connectivity index (χ0n) is 20.3. The topological polar surface area (TPSA) is 90.6 Å². The second kappa shape index (κ2) is 9.73. The number of aryl methyl sites for hydroxylation is 1. The number of hydrogen-bond donors (Lipinski definition) is 2. The number of likely N-dealkylation sites (N-methyl/N-ethyl adjacent to an activating group) is 1. The Hall–Kier alpha value is -2.87. The van der Waals surface area contributed by atoms with E-state index in [1.807, 2.05) is 26.1 Å². The fourth-order valence-corrected chi connectivity index (χ4v) is 3.92. The summed E-state index contributed by atoms with van der Waals surface area (Å²) in [7, 11) is 4.19. The van der Waals surface area contributed by atoms with Gasteiger partial charge in [-0.05, 0) is 50.0 Å². The number of nitrogens with two attached hydrogens (primary N) is 1. The molecule has 1 aromatic carbocycles. The average Bonchev–Trinajstić information content (AvgIpc) is 2.92. The number of aromatic nitrogens is 2. The first kappa shape index (κ1) is 23.8. The number of amides is 1. The SMILES string of the molecule is Cc1ccc(C(N)=O)cc1Nc1cc(N2CCCN(C)CC2)nc(N(C)CC(C)(C)C)n1. The Balaban J connectivity index is 1.98. The number of benzene rings is 1. The molecule has 1 amide bonds. The fourth-order valence-electron chi connectivity index (χ4n) is 3.92. The molecule has 3 N–H and O–H groups in total. The lowest BCUT2D eigenvalue weighted by molar-refractivity contribution is 0.100. The minimum atomic E-state index is -0.448. The normalized spacial score (nSPS) is 15.4. The highest BCUT2D eigenvalue weighted by atomic mass is 16.1. The number of nitrogens with zero attached hydrogens (tertiary/aromatic N) is 5. The van der Waals surface area contributed by atoms with Crippen molar-refractivity contribution in [2.75, 3.05) is 61.9 Å². The highest BCUT2D eigenvalue weighted by Gasteiger charge is 2.20. The molecule has 8 nitrogen and oxygen atoms in total. The van der Waals surface area contributed by atoms with Crippen molar-refractivity contribution in [2.45, 2.75) is 34.1 Å². The molecule has 1 saturated heterocycles. The van der Waals surface area contributed by atoms with Gasteiger partial charge < -0.3 is 25.8 Å². The van der Waals surface area contributed by atoms with Crippen molar-refractivity contribution in [1.82, 2.24) is 14.9 Å². The van der Waals surface area contributed by atoms with Gasteiger partial charge in [-0.3, -0.25) is 4.79 Å². The molecule has 1 aliphatic heterocycles. The summed E-state index contributed by atoms with van der Waals surface area (Å²) in [5, 5.41) is 3.41. The van der Waals surface area contributed by atoms with E-state index in [0.717, 1.165) is 56.2 Å². The maximum Gasteiger partial charge on any atom is 0.248 e. The van der Waals surface area contributed by atoms with Gasteiger partial charge in [0.1, 0.15) is 11.6 Å². The van der Waals surface area contributed by atoms with E-state index in [-0.39, 0.29) is 5.41 Å². The average molecular weight is 440 g/mol. The Bertz CT molecular complexity index is 954. The molecule has 1 aliphatic rings. The van der Waals surface area contributed by atoms with Crippen LogP contribution in [0.4, 0.5) is 23.3 Å². The molecule has 3 rings (SSSR count). The van der Waals surface area contributed by atoms with Crippen LogP contribution in [0, 0.1) is 12.3 Å². The van der Waals surface area contributed by atoms with Crippen LogP contribution in [0.1, 0.15) is 43.1 Å². The van der Waals surface area contributed by atoms with Crippen LogP contribution >= 0.6 is 0 Å². The fraction of sp³-hybridized carbons (Fsp3) is 0.542. The third-order valence-electron chi connectivity index (χ3n) is 5.58. The lowest BCUT2D eigenvalue weighted by Crippen LogP contribution is -2.32. The number of hydrogen-bond acceptors (Lipinski definition) is 7. The largest absolute Gasteiger partial charge is 0.366 e. The number of primary amides is 1. The standard InChI is InChI=1S/C24H37N7O/c1-17-8-9-18(22(25)32)14-19(17)26-20-15-21(31-11-7-10-29(5)12-13-31)28-23(27-20)30(6)16-24(2,3)4/h8-9,14-15H,7,10-13,16H2,1-6H3,(H2,25,32)(H,26,27,28). The number of rotatable bonds is 6. The summed E-state index contributed by atoms with van der Waals surface area (Å²) in [6.07, 6.45) is 1.09. The van der Waals surface area contributed by atoms with Crippen molar-refractivity contribution in [3.8, 4) is 0 Å². The van der Waals surface area contributed by atoms with Crippen molar-refractivity contribution in [1.29, 1.82) is 0 Å². The summed E-state index contributed by atoms with van der Waals surface area (Å²) in [4.78, 5) is 28.2. The Morgan fingerprint density at radius 3 is 2.59 bits per heavy atom. The van der Waals surface area contributed by atoms with Crippen LogP contribution in [0.5, 0.6) is 0 Å². The summed E-state index contributed by atoms with van der Waals surface area (Å²) in [6, 6.07) is 7.40. The maximum atomic E-state index is 11.7. The van der Waals surface area contributed by atoms with Crippen LogP contribution in [0.25, 0.3) is 0 Å². The van der Waals surface area contributed by atoms with Gasteiger partial charge in [0.2, 0.25) is 11.9 Å². The molecule has 1 aromatic heterocycles. The Labute approximate surface area is 191 Å². The number of carbonyl (C=O) groups excluding carboxylic acids is 1. The molecular weight excluding hydrogens is 402 g/mol. The van der Waals surface area contributed by atoms with Gasteiger partial charge in [0.25, 0.3) is 0 Å². The van der Waals surface area contributed by atoms with Gasteiger partial charge in [-0.1, -0.05) is 26.8 Å². The number of anilines is 4. The molecule has 0 atom stereocenters. The van der Waals surface area contributed by atoms with Gasteiger partial charge in [-0.2, -0.15) is 9.97 Å². The van der Waals surface area contributed by atoms with Gasteiger partial charge in [0, 0.05) is 50.5 Å². The zero-order chi connectivity index (χ0) is 23.5. The monoisotopic (exact) mass is 439 g/mol. The third-order valence-corrected chi connectivity index (χ3v) is 5.58. The molecule has 32 heavy (non-hydrogen) atoms. The van der Waals surface area contributed by atoms with Gasteiger partial charge in [-0.25, -0.2) is 0 Å². The first-order chi connectivity index (χ1) is 15.0. The summed E-state index contributed by atoms with van der Waals surface area (Å²) in [5.74, 6) is 1.85. The van der Waals surface area contributed by atoms with E-state index < -0.39 is 5.91 Å². The predicted molar refractivity (Wildman–Crippen MR) is 132 cm³/mol. The molecule has 2 aromatic rings. The highest BCUT2D eigenvalue weighted by molar-refractivity contribution is 5.94. The van der Waals surface area contributed by atoms with E-state index in [0.29, 0.717) is 17.3 Å². The zero-order valence-corrected chi connectivity index (χ0v) is 20.3. The molecule has 8 heteroatoms. The lowest BCUT2D eigenvalue weighted by Gasteiger charge is -2.29. The first-order valence-corrected chi connectivity index (χ1v) is 11.2. The molecule has 0 saturated carbocycles. The first-order valence-electron chi connectivity index (χ1n) is 11.2. The number of carbonyl (C=O) groups is 1. The summed E-state index contributed by atoms with van der Waals surface area (Å²) in [5.41, 5.74) is 7.88. The van der Waals surface area contributed by atoms with Gasteiger partial charge in [0.05, 0.1) is 0 Å². The van der Waals surface area contributed by atoms with Crippen LogP contribution in [0.2, 0.25) is 0 Å². The van der Waals surface area contributed by atoms with Crippen molar-refractivity contribution in [2.24, 2.45) is 11.1 Å². The van der Waals surface area contributed by atoms with E-state index in [1.165, 1.54) is 0 Å². The van der Waals surface area contributed by atoms with Crippen LogP contribution in [0.3, 0.4) is 0 Å². The van der Waals surface area contributed by atoms with Crippen molar-refractivity contribution < 1.29 is 4.79 Å². The molecule has 0 radical (unpaired) electrons. The summed E-state index contributed by atoms with van der Waals surface area (Å²) >= 11 is 0. The second-order valence-corrected chi connectivity index (χ2v) is 9.99. The van der Waals surface area contributed by atoms with Crippen molar-refractivity contribution in [3.63, 3.8) is 0 Å². The predicted octanol–water partition coefficient (Wildman–Crippen LogP) is 3.25. The van der Waals surface area contributed by atoms with E-state index in [2.05, 4.69) is 47.8 Å². The van der Waals surface area contributed by atoms with Gasteiger partial charge >= 0.3 is 0 Å². The molecule has 0 aliphatic carbocycles. The van der Waals surface area contributed by atoms with Gasteiger partial charge in [-0.15, -0.1) is 0 Å². The van der Waals surface area contributed by atoms with Crippen LogP contribution in [-0.2, 0) is 0 Å².